The van der Waals surface area contributed by atoms with Crippen LogP contribution in [0.2, 0.25) is 0 Å². The summed E-state index contributed by atoms with van der Waals surface area (Å²) in [5.41, 5.74) is 5.51. The van der Waals surface area contributed by atoms with Gasteiger partial charge in [0.15, 0.2) is 0 Å². The van der Waals surface area contributed by atoms with Gasteiger partial charge in [0.2, 0.25) is 0 Å². The van der Waals surface area contributed by atoms with Crippen molar-refractivity contribution < 1.29 is 9.90 Å². The molecule has 3 heteroatoms. The SMILES string of the molecule is Cc1cccc(C)c1CCNCc1ccc(C(=O)O)cc1. The molecule has 0 saturated heterocycles. The molecule has 0 radical (unpaired) electrons. The summed E-state index contributed by atoms with van der Waals surface area (Å²) in [5, 5.41) is 12.3. The predicted molar refractivity (Wildman–Crippen MR) is 84.7 cm³/mol. The molecule has 0 aliphatic rings. The highest BCUT2D eigenvalue weighted by atomic mass is 16.4. The number of hydrogen-bond donors (Lipinski definition) is 2. The van der Waals surface area contributed by atoms with Gasteiger partial charge in [0, 0.05) is 6.54 Å². The second-order valence-corrected chi connectivity index (χ2v) is 5.30. The van der Waals surface area contributed by atoms with E-state index < -0.39 is 5.97 Å². The van der Waals surface area contributed by atoms with Crippen LogP contribution in [0.5, 0.6) is 0 Å². The summed E-state index contributed by atoms with van der Waals surface area (Å²) in [7, 11) is 0. The molecule has 0 amide bonds. The molecule has 0 atom stereocenters. The maximum absolute atomic E-state index is 10.8. The Balaban J connectivity index is 1.83. The maximum atomic E-state index is 10.8. The molecule has 21 heavy (non-hydrogen) atoms. The fourth-order valence-corrected chi connectivity index (χ4v) is 2.45. The molecule has 0 bridgehead atoms. The lowest BCUT2D eigenvalue weighted by Crippen LogP contribution is -2.17. The van der Waals surface area contributed by atoms with Crippen LogP contribution in [-0.2, 0) is 13.0 Å². The molecule has 0 fully saturated rings. The van der Waals surface area contributed by atoms with E-state index in [1.54, 1.807) is 12.1 Å². The third-order valence-corrected chi connectivity index (χ3v) is 3.73. The summed E-state index contributed by atoms with van der Waals surface area (Å²) >= 11 is 0. The maximum Gasteiger partial charge on any atom is 0.335 e. The molecule has 0 aromatic heterocycles. The van der Waals surface area contributed by atoms with Gasteiger partial charge in [0.25, 0.3) is 0 Å². The summed E-state index contributed by atoms with van der Waals surface area (Å²) in [6.45, 7) is 5.96. The van der Waals surface area contributed by atoms with Crippen molar-refractivity contribution in [1.29, 1.82) is 0 Å². The highest BCUT2D eigenvalue weighted by Gasteiger charge is 2.03. The lowest BCUT2D eigenvalue weighted by molar-refractivity contribution is 0.0697. The number of hydrogen-bond acceptors (Lipinski definition) is 2. The molecule has 2 aromatic rings. The predicted octanol–water partition coefficient (Wildman–Crippen LogP) is 3.33. The molecule has 0 heterocycles. The van der Waals surface area contributed by atoms with E-state index in [0.29, 0.717) is 5.56 Å². The van der Waals surface area contributed by atoms with Crippen LogP contribution in [0.4, 0.5) is 0 Å². The quantitative estimate of drug-likeness (QED) is 0.799. The van der Waals surface area contributed by atoms with Gasteiger partial charge in [-0.1, -0.05) is 30.3 Å². The Hall–Kier alpha value is -2.13. The molecule has 2 aromatic carbocycles. The van der Waals surface area contributed by atoms with E-state index in [4.69, 9.17) is 5.11 Å². The van der Waals surface area contributed by atoms with Gasteiger partial charge in [-0.05, 0) is 61.2 Å². The molecule has 2 rings (SSSR count). The van der Waals surface area contributed by atoms with Crippen molar-refractivity contribution in [3.05, 3.63) is 70.3 Å². The van der Waals surface area contributed by atoms with E-state index in [9.17, 15) is 4.79 Å². The van der Waals surface area contributed by atoms with Crippen LogP contribution in [-0.4, -0.2) is 17.6 Å². The zero-order chi connectivity index (χ0) is 15.2. The number of carbonyl (C=O) groups is 1. The van der Waals surface area contributed by atoms with Gasteiger partial charge in [0.1, 0.15) is 0 Å². The number of rotatable bonds is 6. The summed E-state index contributed by atoms with van der Waals surface area (Å²) in [4.78, 5) is 10.8. The monoisotopic (exact) mass is 283 g/mol. The standard InChI is InChI=1S/C18H21NO2/c1-13-4-3-5-14(2)17(13)10-11-19-12-15-6-8-16(9-7-15)18(20)21/h3-9,19H,10-12H2,1-2H3,(H,20,21). The summed E-state index contributed by atoms with van der Waals surface area (Å²) < 4.78 is 0. The first-order chi connectivity index (χ1) is 10.1. The van der Waals surface area contributed by atoms with Gasteiger partial charge in [0.05, 0.1) is 5.56 Å². The zero-order valence-corrected chi connectivity index (χ0v) is 12.5. The highest BCUT2D eigenvalue weighted by molar-refractivity contribution is 5.87. The fourth-order valence-electron chi connectivity index (χ4n) is 2.45. The highest BCUT2D eigenvalue weighted by Crippen LogP contribution is 2.13. The van der Waals surface area contributed by atoms with Crippen molar-refractivity contribution in [3.8, 4) is 0 Å². The number of aromatic carboxylic acids is 1. The number of carboxylic acid groups (broad SMARTS) is 1. The van der Waals surface area contributed by atoms with E-state index in [2.05, 4.69) is 37.4 Å². The van der Waals surface area contributed by atoms with Crippen molar-refractivity contribution in [2.24, 2.45) is 0 Å². The Morgan fingerprint density at radius 1 is 1.05 bits per heavy atom. The van der Waals surface area contributed by atoms with Gasteiger partial charge in [-0.2, -0.15) is 0 Å². The van der Waals surface area contributed by atoms with Crippen LogP contribution in [0.1, 0.15) is 32.6 Å². The zero-order valence-electron chi connectivity index (χ0n) is 12.5. The van der Waals surface area contributed by atoms with Crippen molar-refractivity contribution in [2.75, 3.05) is 6.54 Å². The van der Waals surface area contributed by atoms with E-state index in [1.807, 2.05) is 12.1 Å². The molecular formula is C18H21NO2. The first kappa shape index (κ1) is 15.3. The molecule has 0 aliphatic heterocycles. The van der Waals surface area contributed by atoms with Crippen LogP contribution in [0.3, 0.4) is 0 Å². The average molecular weight is 283 g/mol. The van der Waals surface area contributed by atoms with E-state index in [-0.39, 0.29) is 0 Å². The minimum Gasteiger partial charge on any atom is -0.478 e. The molecule has 0 unspecified atom stereocenters. The van der Waals surface area contributed by atoms with Crippen molar-refractivity contribution >= 4 is 5.97 Å². The fraction of sp³-hybridized carbons (Fsp3) is 0.278. The molecule has 0 spiro atoms. The number of benzene rings is 2. The van der Waals surface area contributed by atoms with Gasteiger partial charge in [-0.15, -0.1) is 0 Å². The molecule has 0 aliphatic carbocycles. The topological polar surface area (TPSA) is 49.3 Å². The van der Waals surface area contributed by atoms with Crippen LogP contribution >= 0.6 is 0 Å². The second-order valence-electron chi connectivity index (χ2n) is 5.30. The average Bonchev–Trinajstić information content (AvgIpc) is 2.46. The molecular weight excluding hydrogens is 262 g/mol. The van der Waals surface area contributed by atoms with E-state index in [1.165, 1.54) is 16.7 Å². The van der Waals surface area contributed by atoms with Crippen LogP contribution in [0, 0.1) is 13.8 Å². The molecule has 2 N–H and O–H groups in total. The third kappa shape index (κ3) is 4.17. The van der Waals surface area contributed by atoms with E-state index >= 15 is 0 Å². The number of aryl methyl sites for hydroxylation is 2. The second kappa shape index (κ2) is 7.04. The normalized spacial score (nSPS) is 10.6. The lowest BCUT2D eigenvalue weighted by Gasteiger charge is -2.10. The minimum atomic E-state index is -0.885. The van der Waals surface area contributed by atoms with Crippen LogP contribution < -0.4 is 5.32 Å². The lowest BCUT2D eigenvalue weighted by atomic mass is 10.0. The summed E-state index contributed by atoms with van der Waals surface area (Å²) in [5.74, 6) is -0.885. The number of carboxylic acids is 1. The Bertz CT molecular complexity index is 597. The smallest absolute Gasteiger partial charge is 0.335 e. The largest absolute Gasteiger partial charge is 0.478 e. The summed E-state index contributed by atoms with van der Waals surface area (Å²) in [6, 6.07) is 13.4. The molecule has 3 nitrogen and oxygen atoms in total. The molecule has 0 saturated carbocycles. The Kier molecular flexibility index (Phi) is 5.12. The minimum absolute atomic E-state index is 0.328. The summed E-state index contributed by atoms with van der Waals surface area (Å²) in [6.07, 6.45) is 1.01. The number of nitrogens with one attached hydrogen (secondary N) is 1. The Morgan fingerprint density at radius 2 is 1.67 bits per heavy atom. The van der Waals surface area contributed by atoms with Crippen molar-refractivity contribution in [1.82, 2.24) is 5.32 Å². The van der Waals surface area contributed by atoms with Gasteiger partial charge >= 0.3 is 5.97 Å². The molecule has 110 valence electrons. The van der Waals surface area contributed by atoms with Crippen molar-refractivity contribution in [3.63, 3.8) is 0 Å². The van der Waals surface area contributed by atoms with Crippen LogP contribution in [0.15, 0.2) is 42.5 Å². The Morgan fingerprint density at radius 3 is 2.24 bits per heavy atom. The van der Waals surface area contributed by atoms with Gasteiger partial charge in [-0.25, -0.2) is 4.79 Å². The first-order valence-corrected chi connectivity index (χ1v) is 7.16. The van der Waals surface area contributed by atoms with Crippen LogP contribution in [0.25, 0.3) is 0 Å². The Labute approximate surface area is 125 Å². The van der Waals surface area contributed by atoms with Crippen molar-refractivity contribution in [2.45, 2.75) is 26.8 Å². The van der Waals surface area contributed by atoms with E-state index in [0.717, 1.165) is 25.1 Å². The van der Waals surface area contributed by atoms with Gasteiger partial charge in [-0.3, -0.25) is 0 Å². The first-order valence-electron chi connectivity index (χ1n) is 7.16. The van der Waals surface area contributed by atoms with Gasteiger partial charge < -0.3 is 10.4 Å². The third-order valence-electron chi connectivity index (χ3n) is 3.73.